The van der Waals surface area contributed by atoms with E-state index in [1.165, 1.54) is 12.1 Å². The lowest BCUT2D eigenvalue weighted by Gasteiger charge is -2.21. The summed E-state index contributed by atoms with van der Waals surface area (Å²) < 4.78 is 39.6. The lowest BCUT2D eigenvalue weighted by atomic mass is 10.2. The highest BCUT2D eigenvalue weighted by molar-refractivity contribution is 9.09. The molecule has 0 aliphatic carbocycles. The van der Waals surface area contributed by atoms with Gasteiger partial charge in [-0.3, -0.25) is 0 Å². The Morgan fingerprint density at radius 1 is 1.20 bits per heavy atom. The molecule has 158 valence electrons. The zero-order chi connectivity index (χ0) is 21.7. The summed E-state index contributed by atoms with van der Waals surface area (Å²) in [5.74, 6) is 0. The van der Waals surface area contributed by atoms with Gasteiger partial charge in [0.1, 0.15) is 0 Å². The van der Waals surface area contributed by atoms with Crippen molar-refractivity contribution in [1.29, 1.82) is 0 Å². The molecule has 1 heterocycles. The number of hydrogen-bond acceptors (Lipinski definition) is 3. The molecule has 30 heavy (non-hydrogen) atoms. The summed E-state index contributed by atoms with van der Waals surface area (Å²) in [4.78, 5) is 18.5. The smallest absolute Gasteiger partial charge is 0.337 e. The SMILES string of the molecule is O=C(NCCCBr)N(c1cccc(C(F)(F)F)c1)c1nc(-c2cccc(Cl)c2)cs1. The third-order valence-corrected chi connectivity index (χ3v) is 5.65. The summed E-state index contributed by atoms with van der Waals surface area (Å²) in [6.07, 6.45) is -3.85. The molecule has 0 fully saturated rings. The molecule has 0 aliphatic rings. The first-order chi connectivity index (χ1) is 14.3. The number of alkyl halides is 4. The summed E-state index contributed by atoms with van der Waals surface area (Å²) in [6, 6.07) is 11.1. The van der Waals surface area contributed by atoms with E-state index in [4.69, 9.17) is 11.6 Å². The van der Waals surface area contributed by atoms with E-state index in [1.807, 2.05) is 6.07 Å². The van der Waals surface area contributed by atoms with Crippen molar-refractivity contribution < 1.29 is 18.0 Å². The fraction of sp³-hybridized carbons (Fsp3) is 0.200. The molecule has 0 saturated heterocycles. The monoisotopic (exact) mass is 517 g/mol. The Balaban J connectivity index is 1.99. The third-order valence-electron chi connectivity index (χ3n) is 4.03. The molecular weight excluding hydrogens is 503 g/mol. The Labute approximate surface area is 188 Å². The summed E-state index contributed by atoms with van der Waals surface area (Å²) in [5, 5.41) is 5.92. The van der Waals surface area contributed by atoms with Crippen molar-refractivity contribution in [2.75, 3.05) is 16.8 Å². The van der Waals surface area contributed by atoms with Gasteiger partial charge < -0.3 is 5.32 Å². The van der Waals surface area contributed by atoms with Gasteiger partial charge in [-0.05, 0) is 36.8 Å². The van der Waals surface area contributed by atoms with E-state index in [0.29, 0.717) is 29.0 Å². The Morgan fingerprint density at radius 3 is 2.67 bits per heavy atom. The number of halogens is 5. The number of rotatable bonds is 6. The predicted molar refractivity (Wildman–Crippen MR) is 118 cm³/mol. The van der Waals surface area contributed by atoms with Crippen LogP contribution in [0.4, 0.5) is 28.8 Å². The molecule has 0 spiro atoms. The number of benzene rings is 2. The summed E-state index contributed by atoms with van der Waals surface area (Å²) in [6.45, 7) is 0.367. The lowest BCUT2D eigenvalue weighted by Crippen LogP contribution is -2.37. The first-order valence-corrected chi connectivity index (χ1v) is 11.2. The first-order valence-electron chi connectivity index (χ1n) is 8.82. The molecule has 0 radical (unpaired) electrons. The van der Waals surface area contributed by atoms with Crippen molar-refractivity contribution in [3.63, 3.8) is 0 Å². The molecule has 10 heteroatoms. The van der Waals surface area contributed by atoms with Crippen molar-refractivity contribution in [1.82, 2.24) is 10.3 Å². The highest BCUT2D eigenvalue weighted by Gasteiger charge is 2.32. The molecular formula is C20H16BrClF3N3OS. The first kappa shape index (κ1) is 22.6. The zero-order valence-electron chi connectivity index (χ0n) is 15.4. The van der Waals surface area contributed by atoms with Crippen molar-refractivity contribution in [2.45, 2.75) is 12.6 Å². The molecule has 0 atom stereocenters. The number of nitrogens with zero attached hydrogens (tertiary/aromatic N) is 2. The van der Waals surface area contributed by atoms with E-state index in [9.17, 15) is 18.0 Å². The van der Waals surface area contributed by atoms with Crippen LogP contribution in [0.25, 0.3) is 11.3 Å². The van der Waals surface area contributed by atoms with Crippen molar-refractivity contribution >= 4 is 55.7 Å². The van der Waals surface area contributed by atoms with Crippen LogP contribution in [0.1, 0.15) is 12.0 Å². The molecule has 3 rings (SSSR count). The second-order valence-corrected chi connectivity index (χ2v) is 8.25. The van der Waals surface area contributed by atoms with Crippen molar-refractivity contribution in [3.8, 4) is 11.3 Å². The van der Waals surface area contributed by atoms with Crippen LogP contribution in [0.15, 0.2) is 53.9 Å². The van der Waals surface area contributed by atoms with Crippen LogP contribution in [0.2, 0.25) is 5.02 Å². The Bertz CT molecular complexity index is 1030. The van der Waals surface area contributed by atoms with Crippen LogP contribution in [0.5, 0.6) is 0 Å². The number of nitrogens with one attached hydrogen (secondary N) is 1. The number of carbonyl (C=O) groups excluding carboxylic acids is 1. The van der Waals surface area contributed by atoms with E-state index >= 15 is 0 Å². The number of urea groups is 1. The molecule has 0 aliphatic heterocycles. The molecule has 4 nitrogen and oxygen atoms in total. The molecule has 3 aromatic rings. The molecule has 0 bridgehead atoms. The van der Waals surface area contributed by atoms with Crippen LogP contribution >= 0.6 is 38.9 Å². The van der Waals surface area contributed by atoms with E-state index in [1.54, 1.807) is 23.6 Å². The number of hydrogen-bond donors (Lipinski definition) is 1. The quantitative estimate of drug-likeness (QED) is 0.279. The molecule has 1 N–H and O–H groups in total. The predicted octanol–water partition coefficient (Wildman–Crippen LogP) is 7.12. The maximum absolute atomic E-state index is 13.2. The standard InChI is InChI=1S/C20H16BrClF3N3OS/c21-8-3-9-26-18(29)28(16-7-2-5-14(11-16)20(23,24)25)19-27-17(12-30-19)13-4-1-6-15(22)10-13/h1-2,4-7,10-12H,3,8-9H2,(H,26,29). The van der Waals surface area contributed by atoms with Crippen LogP contribution in [0, 0.1) is 0 Å². The van der Waals surface area contributed by atoms with Crippen molar-refractivity contribution in [2.24, 2.45) is 0 Å². The topological polar surface area (TPSA) is 45.2 Å². The summed E-state index contributed by atoms with van der Waals surface area (Å²) in [5.41, 5.74) is 0.550. The van der Waals surface area contributed by atoms with Gasteiger partial charge in [0.2, 0.25) is 0 Å². The maximum Gasteiger partial charge on any atom is 0.416 e. The second kappa shape index (κ2) is 9.80. The van der Waals surface area contributed by atoms with Gasteiger partial charge in [0.15, 0.2) is 5.13 Å². The van der Waals surface area contributed by atoms with Gasteiger partial charge in [-0.1, -0.05) is 45.7 Å². The fourth-order valence-electron chi connectivity index (χ4n) is 2.62. The molecule has 0 saturated carbocycles. The summed E-state index contributed by atoms with van der Waals surface area (Å²) >= 11 is 10.5. The van der Waals surface area contributed by atoms with E-state index < -0.39 is 17.8 Å². The van der Waals surface area contributed by atoms with E-state index in [2.05, 4.69) is 26.2 Å². The molecule has 2 amide bonds. The lowest BCUT2D eigenvalue weighted by molar-refractivity contribution is -0.137. The number of aromatic nitrogens is 1. The van der Waals surface area contributed by atoms with Crippen molar-refractivity contribution in [3.05, 3.63) is 64.5 Å². The Morgan fingerprint density at radius 2 is 1.97 bits per heavy atom. The number of carbonyl (C=O) groups is 1. The second-order valence-electron chi connectivity index (χ2n) is 6.18. The average Bonchev–Trinajstić information content (AvgIpc) is 3.18. The minimum Gasteiger partial charge on any atom is -0.337 e. The van der Waals surface area contributed by atoms with Crippen LogP contribution in [-0.2, 0) is 6.18 Å². The normalized spacial score (nSPS) is 11.4. The van der Waals surface area contributed by atoms with Crippen LogP contribution in [0.3, 0.4) is 0 Å². The van der Waals surface area contributed by atoms with Gasteiger partial charge >= 0.3 is 12.2 Å². The van der Waals surface area contributed by atoms with Gasteiger partial charge in [-0.2, -0.15) is 13.2 Å². The fourth-order valence-corrected chi connectivity index (χ4v) is 3.95. The van der Waals surface area contributed by atoms with E-state index in [0.717, 1.165) is 33.9 Å². The molecule has 0 unspecified atom stereocenters. The largest absolute Gasteiger partial charge is 0.416 e. The molecule has 2 aromatic carbocycles. The van der Waals surface area contributed by atoms with Gasteiger partial charge in [0.05, 0.1) is 16.9 Å². The third kappa shape index (κ3) is 5.53. The Kier molecular flexibility index (Phi) is 7.38. The van der Waals surface area contributed by atoms with E-state index in [-0.39, 0.29) is 10.8 Å². The zero-order valence-corrected chi connectivity index (χ0v) is 18.6. The highest BCUT2D eigenvalue weighted by atomic mass is 79.9. The molecule has 1 aromatic heterocycles. The summed E-state index contributed by atoms with van der Waals surface area (Å²) in [7, 11) is 0. The van der Waals surface area contributed by atoms with Gasteiger partial charge in [0.25, 0.3) is 0 Å². The number of thiazole rings is 1. The minimum atomic E-state index is -4.52. The number of anilines is 2. The Hall–Kier alpha value is -2.10. The highest BCUT2D eigenvalue weighted by Crippen LogP contribution is 2.36. The number of amides is 2. The average molecular weight is 519 g/mol. The van der Waals surface area contributed by atoms with Gasteiger partial charge in [-0.25, -0.2) is 14.7 Å². The maximum atomic E-state index is 13.2. The minimum absolute atomic E-state index is 0.0770. The van der Waals surface area contributed by atoms with Crippen LogP contribution in [-0.4, -0.2) is 22.9 Å². The van der Waals surface area contributed by atoms with Gasteiger partial charge in [-0.15, -0.1) is 11.3 Å². The van der Waals surface area contributed by atoms with Crippen LogP contribution < -0.4 is 10.2 Å². The van der Waals surface area contributed by atoms with Gasteiger partial charge in [0, 0.05) is 27.8 Å².